The first-order valence-corrected chi connectivity index (χ1v) is 11.1. The van der Waals surface area contributed by atoms with Gasteiger partial charge in [0.05, 0.1) is 17.6 Å². The highest BCUT2D eigenvalue weighted by Gasteiger charge is 2.19. The van der Waals surface area contributed by atoms with Crippen molar-refractivity contribution in [1.82, 2.24) is 4.72 Å². The number of rotatable bonds is 9. The number of benzene rings is 2. The summed E-state index contributed by atoms with van der Waals surface area (Å²) in [7, 11) is -2.44. The first-order valence-electron chi connectivity index (χ1n) is 9.61. The van der Waals surface area contributed by atoms with Crippen molar-refractivity contribution < 1.29 is 37.0 Å². The summed E-state index contributed by atoms with van der Waals surface area (Å²) in [4.78, 5) is 23.3. The molecule has 1 aliphatic rings. The summed E-state index contributed by atoms with van der Waals surface area (Å²) < 4.78 is 47.9. The first-order chi connectivity index (χ1) is 14.9. The Bertz CT molecular complexity index is 1030. The minimum absolute atomic E-state index is 0.0587. The van der Waals surface area contributed by atoms with Crippen LogP contribution in [0, 0.1) is 0 Å². The number of sulfonamides is 1. The van der Waals surface area contributed by atoms with E-state index in [9.17, 15) is 18.0 Å². The van der Waals surface area contributed by atoms with E-state index in [0.29, 0.717) is 30.3 Å². The Kier molecular flexibility index (Phi) is 7.48. The van der Waals surface area contributed by atoms with Gasteiger partial charge < -0.3 is 18.9 Å². The zero-order chi connectivity index (χ0) is 22.3. The van der Waals surface area contributed by atoms with Crippen LogP contribution in [0.5, 0.6) is 11.5 Å². The van der Waals surface area contributed by atoms with Gasteiger partial charge in [0.15, 0.2) is 11.5 Å². The average molecular weight is 449 g/mol. The first kappa shape index (κ1) is 22.6. The highest BCUT2D eigenvalue weighted by molar-refractivity contribution is 7.89. The molecule has 2 aromatic carbocycles. The van der Waals surface area contributed by atoms with Crippen LogP contribution in [0.15, 0.2) is 47.4 Å². The van der Waals surface area contributed by atoms with Gasteiger partial charge in [-0.25, -0.2) is 17.9 Å². The lowest BCUT2D eigenvalue weighted by Crippen LogP contribution is -2.25. The summed E-state index contributed by atoms with van der Waals surface area (Å²) in [5.74, 6) is 0.00280. The predicted octanol–water partition coefficient (Wildman–Crippen LogP) is 2.05. The predicted molar refractivity (Wildman–Crippen MR) is 109 cm³/mol. The molecule has 1 heterocycles. The van der Waals surface area contributed by atoms with Gasteiger partial charge >= 0.3 is 11.9 Å². The monoisotopic (exact) mass is 449 g/mol. The third-order valence-electron chi connectivity index (χ3n) is 4.45. The number of methoxy groups -OCH3 is 1. The molecule has 0 aromatic heterocycles. The summed E-state index contributed by atoms with van der Waals surface area (Å²) in [5.41, 5.74) is 1.13. The Labute approximate surface area is 180 Å². The van der Waals surface area contributed by atoms with E-state index in [0.717, 1.165) is 5.56 Å². The fourth-order valence-electron chi connectivity index (χ4n) is 2.80. The smallest absolute Gasteiger partial charge is 0.337 e. The largest absolute Gasteiger partial charge is 0.486 e. The molecule has 166 valence electrons. The maximum Gasteiger partial charge on any atom is 0.337 e. The molecule has 10 heteroatoms. The molecule has 0 amide bonds. The molecule has 3 rings (SSSR count). The van der Waals surface area contributed by atoms with Crippen LogP contribution in [0.25, 0.3) is 0 Å². The van der Waals surface area contributed by atoms with Crippen LogP contribution < -0.4 is 14.2 Å². The number of hydrogen-bond acceptors (Lipinski definition) is 8. The number of ether oxygens (including phenoxy) is 4. The Hall–Kier alpha value is -3.11. The molecule has 0 unspecified atom stereocenters. The number of carbonyl (C=O) groups is 2. The molecule has 0 spiro atoms. The number of esters is 2. The number of hydrogen-bond donors (Lipinski definition) is 1. The van der Waals surface area contributed by atoms with E-state index in [2.05, 4.69) is 9.46 Å². The summed E-state index contributed by atoms with van der Waals surface area (Å²) in [5, 5.41) is 0. The fraction of sp³-hybridized carbons (Fsp3) is 0.333. The highest BCUT2D eigenvalue weighted by atomic mass is 32.2. The van der Waals surface area contributed by atoms with Crippen LogP contribution in [0.4, 0.5) is 0 Å². The summed E-state index contributed by atoms with van der Waals surface area (Å²) >= 11 is 0. The summed E-state index contributed by atoms with van der Waals surface area (Å²) in [6.45, 7) is 0.927. The van der Waals surface area contributed by atoms with Crippen molar-refractivity contribution in [3.8, 4) is 11.5 Å². The van der Waals surface area contributed by atoms with Crippen molar-refractivity contribution in [2.45, 2.75) is 24.3 Å². The molecule has 0 radical (unpaired) electrons. The fourth-order valence-corrected chi connectivity index (χ4v) is 3.89. The van der Waals surface area contributed by atoms with Gasteiger partial charge in [-0.1, -0.05) is 12.1 Å². The lowest BCUT2D eigenvalue weighted by atomic mass is 10.1. The molecule has 1 aliphatic heterocycles. The molecule has 0 bridgehead atoms. The van der Waals surface area contributed by atoms with E-state index in [-0.39, 0.29) is 30.9 Å². The molecule has 31 heavy (non-hydrogen) atoms. The molecule has 0 aliphatic carbocycles. The third-order valence-corrected chi connectivity index (χ3v) is 5.91. The van der Waals surface area contributed by atoms with Crippen molar-refractivity contribution in [1.29, 1.82) is 0 Å². The second-order valence-electron chi connectivity index (χ2n) is 6.66. The summed E-state index contributed by atoms with van der Waals surface area (Å²) in [6, 6.07) is 10.9. The zero-order valence-corrected chi connectivity index (χ0v) is 17.8. The van der Waals surface area contributed by atoms with Gasteiger partial charge in [-0.3, -0.25) is 4.79 Å². The van der Waals surface area contributed by atoms with Crippen LogP contribution in [-0.2, 0) is 30.9 Å². The molecule has 9 nitrogen and oxygen atoms in total. The van der Waals surface area contributed by atoms with Crippen LogP contribution in [0.2, 0.25) is 0 Å². The zero-order valence-electron chi connectivity index (χ0n) is 17.0. The van der Waals surface area contributed by atoms with Gasteiger partial charge in [-0.2, -0.15) is 0 Å². The highest BCUT2D eigenvalue weighted by Crippen LogP contribution is 2.32. The van der Waals surface area contributed by atoms with Crippen LogP contribution in [-0.4, -0.2) is 47.2 Å². The van der Waals surface area contributed by atoms with E-state index in [1.807, 2.05) is 0 Å². The standard InChI is InChI=1S/C21H23NO8S/c1-27-21(24)16-6-4-15(5-7-16)14-30-20(23)3-2-10-22-31(25,26)17-8-9-18-19(13-17)29-12-11-28-18/h4-9,13,22H,2-3,10-12,14H2,1H3. The van der Waals surface area contributed by atoms with E-state index >= 15 is 0 Å². The Morgan fingerprint density at radius 3 is 2.45 bits per heavy atom. The molecule has 1 N–H and O–H groups in total. The second kappa shape index (κ2) is 10.3. The average Bonchev–Trinajstić information content (AvgIpc) is 2.80. The number of carbonyl (C=O) groups excluding carboxylic acids is 2. The second-order valence-corrected chi connectivity index (χ2v) is 8.42. The molecule has 0 fully saturated rings. The van der Waals surface area contributed by atoms with Crippen molar-refractivity contribution >= 4 is 22.0 Å². The van der Waals surface area contributed by atoms with Gasteiger partial charge in [-0.05, 0) is 36.2 Å². The van der Waals surface area contributed by atoms with Gasteiger partial charge in [-0.15, -0.1) is 0 Å². The van der Waals surface area contributed by atoms with Crippen LogP contribution in [0.3, 0.4) is 0 Å². The van der Waals surface area contributed by atoms with Gasteiger partial charge in [0.25, 0.3) is 0 Å². The van der Waals surface area contributed by atoms with Crippen molar-refractivity contribution in [2.24, 2.45) is 0 Å². The number of fused-ring (bicyclic) bond motifs is 1. The third kappa shape index (κ3) is 6.19. The number of nitrogens with one attached hydrogen (secondary N) is 1. The van der Waals surface area contributed by atoms with Gasteiger partial charge in [0.2, 0.25) is 10.0 Å². The Balaban J connectivity index is 1.40. The SMILES string of the molecule is COC(=O)c1ccc(COC(=O)CCCNS(=O)(=O)c2ccc3c(c2)OCCO3)cc1. The maximum atomic E-state index is 12.4. The molecule has 2 aromatic rings. The van der Waals surface area contributed by atoms with Gasteiger partial charge in [0, 0.05) is 19.0 Å². The normalized spacial score (nSPS) is 12.8. The van der Waals surface area contributed by atoms with E-state index in [1.165, 1.54) is 19.2 Å². The van der Waals surface area contributed by atoms with Crippen molar-refractivity contribution in [3.63, 3.8) is 0 Å². The maximum absolute atomic E-state index is 12.4. The van der Waals surface area contributed by atoms with Crippen molar-refractivity contribution in [3.05, 3.63) is 53.6 Å². The van der Waals surface area contributed by atoms with Crippen molar-refractivity contribution in [2.75, 3.05) is 26.9 Å². The Morgan fingerprint density at radius 2 is 1.74 bits per heavy atom. The van der Waals surface area contributed by atoms with Gasteiger partial charge in [0.1, 0.15) is 19.8 Å². The lowest BCUT2D eigenvalue weighted by molar-refractivity contribution is -0.145. The Morgan fingerprint density at radius 1 is 1.03 bits per heavy atom. The quantitative estimate of drug-likeness (QED) is 0.457. The van der Waals surface area contributed by atoms with Crippen LogP contribution in [0.1, 0.15) is 28.8 Å². The van der Waals surface area contributed by atoms with Crippen LogP contribution >= 0.6 is 0 Å². The van der Waals surface area contributed by atoms with E-state index in [1.54, 1.807) is 30.3 Å². The molecular formula is C21H23NO8S. The molecule has 0 atom stereocenters. The van der Waals surface area contributed by atoms with E-state index in [4.69, 9.17) is 14.2 Å². The lowest BCUT2D eigenvalue weighted by Gasteiger charge is -2.18. The molecular weight excluding hydrogens is 426 g/mol. The molecule has 0 saturated heterocycles. The molecule has 0 saturated carbocycles. The topological polar surface area (TPSA) is 117 Å². The van der Waals surface area contributed by atoms with E-state index < -0.39 is 22.0 Å². The minimum Gasteiger partial charge on any atom is -0.486 e. The summed E-state index contributed by atoms with van der Waals surface area (Å²) in [6.07, 6.45) is 0.341. The minimum atomic E-state index is -3.74.